The van der Waals surface area contributed by atoms with Crippen LogP contribution in [0.4, 0.5) is 4.39 Å². The van der Waals surface area contributed by atoms with Crippen molar-refractivity contribution in [1.82, 2.24) is 0 Å². The van der Waals surface area contributed by atoms with Gasteiger partial charge in [0.25, 0.3) is 0 Å². The number of ketones is 2. The molecule has 0 atom stereocenters. The van der Waals surface area contributed by atoms with Crippen LogP contribution in [0, 0.1) is 5.82 Å². The molecule has 2 aromatic rings. The fraction of sp³-hybridized carbons (Fsp3) is 0.0588. The highest BCUT2D eigenvalue weighted by atomic mass is 19.1. The van der Waals surface area contributed by atoms with Crippen molar-refractivity contribution in [2.24, 2.45) is 0 Å². The Hall–Kier alpha value is -2.75. The van der Waals surface area contributed by atoms with Gasteiger partial charge in [0.1, 0.15) is 12.4 Å². The summed E-state index contributed by atoms with van der Waals surface area (Å²) in [5.74, 6) is -0.884. The summed E-state index contributed by atoms with van der Waals surface area (Å²) in [4.78, 5) is 24.2. The molecule has 0 amide bonds. The van der Waals surface area contributed by atoms with Crippen LogP contribution in [-0.4, -0.2) is 11.6 Å². The third-order valence-electron chi connectivity index (χ3n) is 3.23. The summed E-state index contributed by atoms with van der Waals surface area (Å²) in [6.45, 7) is 0.104. The molecule has 4 heteroatoms. The van der Waals surface area contributed by atoms with E-state index in [0.717, 1.165) is 5.56 Å². The summed E-state index contributed by atoms with van der Waals surface area (Å²) in [6, 6.07) is 12.4. The third-order valence-corrected chi connectivity index (χ3v) is 3.23. The number of Topliss-reactive ketones (excluding diaryl/α,β-unsaturated/α-hetero) is 1. The van der Waals surface area contributed by atoms with Crippen LogP contribution < -0.4 is 0 Å². The summed E-state index contributed by atoms with van der Waals surface area (Å²) in [5.41, 5.74) is 1.45. The van der Waals surface area contributed by atoms with Gasteiger partial charge < -0.3 is 4.74 Å². The fourth-order valence-electron chi connectivity index (χ4n) is 2.14. The lowest BCUT2D eigenvalue weighted by molar-refractivity contribution is 0.0870. The van der Waals surface area contributed by atoms with Gasteiger partial charge in [0, 0.05) is 17.2 Å². The molecule has 21 heavy (non-hydrogen) atoms. The summed E-state index contributed by atoms with van der Waals surface area (Å²) < 4.78 is 18.2. The maximum atomic E-state index is 12.8. The molecule has 3 nitrogen and oxygen atoms in total. The van der Waals surface area contributed by atoms with Crippen molar-refractivity contribution in [2.75, 3.05) is 0 Å². The zero-order valence-corrected chi connectivity index (χ0v) is 11.0. The van der Waals surface area contributed by atoms with Crippen LogP contribution in [0.2, 0.25) is 0 Å². The Balaban J connectivity index is 1.79. The number of ether oxygens (including phenoxy) is 1. The first-order chi connectivity index (χ1) is 10.1. The standard InChI is InChI=1S/C17H11FO3/c18-12-7-5-11(6-8-12)10-21-16-9-15(19)13-3-1-2-4-14(13)17(16)20/h1-9H,10H2. The fourth-order valence-corrected chi connectivity index (χ4v) is 2.14. The van der Waals surface area contributed by atoms with Gasteiger partial charge in [-0.05, 0) is 17.7 Å². The van der Waals surface area contributed by atoms with E-state index in [4.69, 9.17) is 4.74 Å². The minimum atomic E-state index is -0.337. The summed E-state index contributed by atoms with van der Waals surface area (Å²) in [5, 5.41) is 0. The molecule has 0 fully saturated rings. The van der Waals surface area contributed by atoms with E-state index >= 15 is 0 Å². The van der Waals surface area contributed by atoms with E-state index in [-0.39, 0.29) is 29.7 Å². The minimum absolute atomic E-state index is 0.0167. The lowest BCUT2D eigenvalue weighted by Crippen LogP contribution is -2.18. The molecule has 0 unspecified atom stereocenters. The molecule has 0 saturated heterocycles. The molecule has 1 aliphatic carbocycles. The molecule has 3 rings (SSSR count). The van der Waals surface area contributed by atoms with E-state index in [1.807, 2.05) is 0 Å². The molecule has 0 radical (unpaired) electrons. The average molecular weight is 282 g/mol. The topological polar surface area (TPSA) is 43.4 Å². The third kappa shape index (κ3) is 2.60. The van der Waals surface area contributed by atoms with Gasteiger partial charge in [-0.2, -0.15) is 0 Å². The zero-order chi connectivity index (χ0) is 14.8. The SMILES string of the molecule is O=C1C=C(OCc2ccc(F)cc2)C(=O)c2ccccc21. The van der Waals surface area contributed by atoms with Crippen LogP contribution in [0.1, 0.15) is 26.3 Å². The van der Waals surface area contributed by atoms with Crippen molar-refractivity contribution >= 4 is 11.6 Å². The van der Waals surface area contributed by atoms with E-state index in [0.29, 0.717) is 11.1 Å². The van der Waals surface area contributed by atoms with Gasteiger partial charge in [-0.1, -0.05) is 36.4 Å². The normalized spacial score (nSPS) is 13.7. The maximum Gasteiger partial charge on any atom is 0.228 e. The monoisotopic (exact) mass is 282 g/mol. The second-order valence-electron chi connectivity index (χ2n) is 4.66. The predicted molar refractivity (Wildman–Crippen MR) is 74.4 cm³/mol. The van der Waals surface area contributed by atoms with Gasteiger partial charge in [-0.15, -0.1) is 0 Å². The van der Waals surface area contributed by atoms with Gasteiger partial charge in [0.2, 0.25) is 5.78 Å². The van der Waals surface area contributed by atoms with Crippen LogP contribution in [0.15, 0.2) is 60.4 Å². The van der Waals surface area contributed by atoms with Gasteiger partial charge in [0.15, 0.2) is 11.5 Å². The molecule has 0 N–H and O–H groups in total. The quantitative estimate of drug-likeness (QED) is 0.867. The molecule has 0 spiro atoms. The highest BCUT2D eigenvalue weighted by Crippen LogP contribution is 2.22. The molecule has 0 aromatic heterocycles. The van der Waals surface area contributed by atoms with Crippen LogP contribution in [-0.2, 0) is 11.3 Å². The highest BCUT2D eigenvalue weighted by Gasteiger charge is 2.26. The molecular formula is C17H11FO3. The predicted octanol–water partition coefficient (Wildman–Crippen LogP) is 3.31. The van der Waals surface area contributed by atoms with E-state index in [9.17, 15) is 14.0 Å². The Morgan fingerprint density at radius 3 is 2.29 bits per heavy atom. The lowest BCUT2D eigenvalue weighted by Gasteiger charge is -2.15. The van der Waals surface area contributed by atoms with E-state index in [1.54, 1.807) is 36.4 Å². The summed E-state index contributed by atoms with van der Waals surface area (Å²) >= 11 is 0. The first-order valence-electron chi connectivity index (χ1n) is 6.42. The second kappa shape index (κ2) is 5.32. The van der Waals surface area contributed by atoms with E-state index in [1.165, 1.54) is 18.2 Å². The highest BCUT2D eigenvalue weighted by molar-refractivity contribution is 6.23. The summed E-state index contributed by atoms with van der Waals surface area (Å²) in [6.07, 6.45) is 1.20. The van der Waals surface area contributed by atoms with Gasteiger partial charge in [-0.3, -0.25) is 9.59 Å². The Morgan fingerprint density at radius 2 is 1.57 bits per heavy atom. The first-order valence-corrected chi connectivity index (χ1v) is 6.42. The van der Waals surface area contributed by atoms with Gasteiger partial charge in [-0.25, -0.2) is 4.39 Å². The number of carbonyl (C=O) groups excluding carboxylic acids is 2. The van der Waals surface area contributed by atoms with E-state index < -0.39 is 0 Å². The largest absolute Gasteiger partial charge is 0.485 e. The van der Waals surface area contributed by atoms with Crippen LogP contribution in [0.3, 0.4) is 0 Å². The lowest BCUT2D eigenvalue weighted by atomic mass is 9.94. The Bertz CT molecular complexity index is 745. The molecular weight excluding hydrogens is 271 g/mol. The number of halogens is 1. The number of fused-ring (bicyclic) bond motifs is 1. The average Bonchev–Trinajstić information content (AvgIpc) is 2.51. The van der Waals surface area contributed by atoms with E-state index in [2.05, 4.69) is 0 Å². The first kappa shape index (κ1) is 13.2. The van der Waals surface area contributed by atoms with Gasteiger partial charge in [0.05, 0.1) is 0 Å². The Kier molecular flexibility index (Phi) is 3.36. The van der Waals surface area contributed by atoms with Crippen molar-refractivity contribution in [1.29, 1.82) is 0 Å². The number of rotatable bonds is 3. The summed E-state index contributed by atoms with van der Waals surface area (Å²) in [7, 11) is 0. The van der Waals surface area contributed by atoms with Crippen molar-refractivity contribution in [2.45, 2.75) is 6.61 Å². The van der Waals surface area contributed by atoms with Crippen molar-refractivity contribution in [3.05, 3.63) is 82.9 Å². The molecule has 0 saturated carbocycles. The van der Waals surface area contributed by atoms with Crippen LogP contribution in [0.25, 0.3) is 0 Å². The molecule has 2 aromatic carbocycles. The van der Waals surface area contributed by atoms with Crippen molar-refractivity contribution in [3.63, 3.8) is 0 Å². The van der Waals surface area contributed by atoms with Crippen LogP contribution >= 0.6 is 0 Å². The smallest absolute Gasteiger partial charge is 0.228 e. The number of hydrogen-bond donors (Lipinski definition) is 0. The Labute approximate surface area is 120 Å². The molecule has 0 aliphatic heterocycles. The molecule has 0 heterocycles. The number of benzene rings is 2. The molecule has 0 bridgehead atoms. The van der Waals surface area contributed by atoms with Crippen molar-refractivity contribution in [3.8, 4) is 0 Å². The van der Waals surface area contributed by atoms with Crippen LogP contribution in [0.5, 0.6) is 0 Å². The number of carbonyl (C=O) groups is 2. The molecule has 1 aliphatic rings. The number of hydrogen-bond acceptors (Lipinski definition) is 3. The minimum Gasteiger partial charge on any atom is -0.485 e. The Morgan fingerprint density at radius 1 is 0.905 bits per heavy atom. The molecule has 104 valence electrons. The van der Waals surface area contributed by atoms with Crippen molar-refractivity contribution < 1.29 is 18.7 Å². The zero-order valence-electron chi connectivity index (χ0n) is 11.0. The number of allylic oxidation sites excluding steroid dienone is 2. The van der Waals surface area contributed by atoms with Gasteiger partial charge >= 0.3 is 0 Å². The second-order valence-corrected chi connectivity index (χ2v) is 4.66. The maximum absolute atomic E-state index is 12.8.